The highest BCUT2D eigenvalue weighted by Gasteiger charge is 2.60. The van der Waals surface area contributed by atoms with E-state index in [9.17, 15) is 14.7 Å². The van der Waals surface area contributed by atoms with Crippen molar-refractivity contribution in [2.75, 3.05) is 20.8 Å². The first-order valence-corrected chi connectivity index (χ1v) is 14.9. The van der Waals surface area contributed by atoms with Crippen molar-refractivity contribution < 1.29 is 24.1 Å². The van der Waals surface area contributed by atoms with Crippen LogP contribution >= 0.6 is 0 Å². The third kappa shape index (κ3) is 4.95. The monoisotopic (exact) mass is 598 g/mol. The molecule has 4 aromatic rings. The number of fused-ring (bicyclic) bond motifs is 2. The van der Waals surface area contributed by atoms with E-state index in [1.54, 1.807) is 21.1 Å². The minimum absolute atomic E-state index is 0.0396. The number of nitrogens with zero attached hydrogens (tertiary/aromatic N) is 1. The fourth-order valence-electron chi connectivity index (χ4n) is 6.87. The van der Waals surface area contributed by atoms with Crippen molar-refractivity contribution in [3.8, 4) is 11.5 Å². The number of aliphatic hydroxyl groups is 1. The van der Waals surface area contributed by atoms with Crippen molar-refractivity contribution >= 4 is 0 Å². The molecular formula is C35H38N2O7. The van der Waals surface area contributed by atoms with Gasteiger partial charge in [0.2, 0.25) is 0 Å². The topological polar surface area (TPSA) is 112 Å². The number of aliphatic hydroxyl groups excluding tert-OH is 1. The van der Waals surface area contributed by atoms with Gasteiger partial charge >= 0.3 is 5.69 Å². The van der Waals surface area contributed by atoms with E-state index in [0.717, 1.165) is 23.1 Å². The molecule has 2 N–H and O–H groups in total. The van der Waals surface area contributed by atoms with Crippen molar-refractivity contribution in [3.63, 3.8) is 0 Å². The molecule has 9 nitrogen and oxygen atoms in total. The van der Waals surface area contributed by atoms with Gasteiger partial charge < -0.3 is 24.1 Å². The molecule has 1 saturated heterocycles. The van der Waals surface area contributed by atoms with Crippen LogP contribution in [-0.4, -0.2) is 47.2 Å². The fraction of sp³-hybridized carbons (Fsp3) is 0.371. The maximum atomic E-state index is 13.0. The van der Waals surface area contributed by atoms with Gasteiger partial charge in [0.25, 0.3) is 5.56 Å². The van der Waals surface area contributed by atoms with Crippen LogP contribution in [0.1, 0.15) is 48.2 Å². The molecule has 2 fully saturated rings. The summed E-state index contributed by atoms with van der Waals surface area (Å²) in [5.74, 6) is 1.13. The molecule has 5 atom stereocenters. The number of rotatable bonds is 9. The van der Waals surface area contributed by atoms with E-state index in [-0.39, 0.29) is 18.4 Å². The predicted octanol–water partition coefficient (Wildman–Crippen LogP) is 4.55. The second-order valence-corrected chi connectivity index (χ2v) is 11.9. The second kappa shape index (κ2) is 11.7. The summed E-state index contributed by atoms with van der Waals surface area (Å²) in [6, 6.07) is 25.5. The lowest BCUT2D eigenvalue weighted by atomic mass is 9.72. The quantitative estimate of drug-likeness (QED) is 0.272. The van der Waals surface area contributed by atoms with Gasteiger partial charge in [-0.25, -0.2) is 4.79 Å². The highest BCUT2D eigenvalue weighted by atomic mass is 16.6. The second-order valence-electron chi connectivity index (χ2n) is 11.9. The van der Waals surface area contributed by atoms with E-state index < -0.39 is 34.8 Å². The Hall–Kier alpha value is -4.18. The number of aromatic nitrogens is 2. The zero-order chi connectivity index (χ0) is 31.1. The van der Waals surface area contributed by atoms with Gasteiger partial charge in [0, 0.05) is 17.7 Å². The Morgan fingerprint density at radius 2 is 1.50 bits per heavy atom. The molecule has 1 aliphatic carbocycles. The standard InChI is InChI=1S/C35H38N2O7/c1-22-18-19-34(30(38)29(22)32(44-34)37-20-23(2)31(39)36-33(37)40)21-43-35(24-8-6-5-7-9-24,25-10-14-27(41-3)15-11-25)26-12-16-28(42-4)17-13-26/h5-17,20,22,29-30,32,38H,18-19,21H2,1-4H3,(H,36,39,40)/t22-,29?,30-,32-,34-/m1/s1. The molecule has 9 heteroatoms. The smallest absolute Gasteiger partial charge is 0.330 e. The Labute approximate surface area is 256 Å². The van der Waals surface area contributed by atoms with Crippen LogP contribution in [-0.2, 0) is 15.1 Å². The van der Waals surface area contributed by atoms with Crippen LogP contribution in [0.2, 0.25) is 0 Å². The van der Waals surface area contributed by atoms with Crippen LogP contribution < -0.4 is 20.7 Å². The lowest BCUT2D eigenvalue weighted by molar-refractivity contribution is -0.165. The first-order valence-electron chi connectivity index (χ1n) is 14.9. The van der Waals surface area contributed by atoms with Gasteiger partial charge in [0.15, 0.2) is 0 Å². The van der Waals surface area contributed by atoms with Crippen molar-refractivity contribution in [3.05, 3.63) is 128 Å². The van der Waals surface area contributed by atoms with Crippen molar-refractivity contribution in [2.24, 2.45) is 11.8 Å². The van der Waals surface area contributed by atoms with Gasteiger partial charge in [0.1, 0.15) is 28.9 Å². The highest BCUT2D eigenvalue weighted by molar-refractivity contribution is 5.49. The minimum Gasteiger partial charge on any atom is -0.497 e. The lowest BCUT2D eigenvalue weighted by Gasteiger charge is -2.42. The van der Waals surface area contributed by atoms with Crippen molar-refractivity contribution in [1.82, 2.24) is 9.55 Å². The molecule has 0 amide bonds. The normalized spacial score (nSPS) is 24.7. The molecule has 2 aliphatic rings. The number of benzene rings is 3. The Kier molecular flexibility index (Phi) is 7.96. The van der Waals surface area contributed by atoms with Crippen molar-refractivity contribution in [1.29, 1.82) is 0 Å². The zero-order valence-corrected chi connectivity index (χ0v) is 25.4. The van der Waals surface area contributed by atoms with Crippen LogP contribution in [0.15, 0.2) is 94.6 Å². The molecule has 44 heavy (non-hydrogen) atoms. The average Bonchev–Trinajstić information content (AvgIpc) is 3.24. The molecule has 1 aromatic heterocycles. The molecule has 1 aliphatic heterocycles. The largest absolute Gasteiger partial charge is 0.497 e. The molecule has 6 rings (SSSR count). The SMILES string of the molecule is COc1ccc(C(OC[C@@]23CC[C@@H](C)C([C@H](n4cc(C)c(=O)[nH]c4=O)O2)[C@H]3O)(c2ccccc2)c2ccc(OC)cc2)cc1. The van der Waals surface area contributed by atoms with Crippen LogP contribution in [0.3, 0.4) is 0 Å². The third-order valence-electron chi connectivity index (χ3n) is 9.39. The number of nitrogens with one attached hydrogen (secondary N) is 1. The molecular weight excluding hydrogens is 560 g/mol. The van der Waals surface area contributed by atoms with E-state index in [4.69, 9.17) is 18.9 Å². The number of hydrogen-bond acceptors (Lipinski definition) is 7. The van der Waals surface area contributed by atoms with Gasteiger partial charge in [-0.15, -0.1) is 0 Å². The van der Waals surface area contributed by atoms with Crippen LogP contribution in [0.25, 0.3) is 0 Å². The van der Waals surface area contributed by atoms with Crippen LogP contribution in [0, 0.1) is 18.8 Å². The third-order valence-corrected chi connectivity index (χ3v) is 9.39. The first kappa shape index (κ1) is 29.9. The van der Waals surface area contributed by atoms with Gasteiger partial charge in [-0.2, -0.15) is 0 Å². The Morgan fingerprint density at radius 3 is 2.07 bits per heavy atom. The summed E-state index contributed by atoms with van der Waals surface area (Å²) >= 11 is 0. The summed E-state index contributed by atoms with van der Waals surface area (Å²) in [5.41, 5.74) is -0.182. The molecule has 1 saturated carbocycles. The summed E-state index contributed by atoms with van der Waals surface area (Å²) in [6.45, 7) is 3.75. The first-order chi connectivity index (χ1) is 21.2. The van der Waals surface area contributed by atoms with Crippen molar-refractivity contribution in [2.45, 2.75) is 50.2 Å². The van der Waals surface area contributed by atoms with E-state index >= 15 is 0 Å². The number of H-pyrrole nitrogens is 1. The van der Waals surface area contributed by atoms with Gasteiger partial charge in [-0.1, -0.05) is 61.5 Å². The maximum absolute atomic E-state index is 13.0. The van der Waals surface area contributed by atoms with E-state index in [0.29, 0.717) is 23.5 Å². The molecule has 2 heterocycles. The number of hydrogen-bond donors (Lipinski definition) is 2. The molecule has 1 unspecified atom stereocenters. The van der Waals surface area contributed by atoms with Gasteiger partial charge in [-0.05, 0) is 66.6 Å². The number of methoxy groups -OCH3 is 2. The summed E-state index contributed by atoms with van der Waals surface area (Å²) < 4.78 is 26.2. The molecule has 3 aromatic carbocycles. The van der Waals surface area contributed by atoms with Crippen LogP contribution in [0.5, 0.6) is 11.5 Å². The summed E-state index contributed by atoms with van der Waals surface area (Å²) in [6.07, 6.45) is 1.17. The Bertz CT molecular complexity index is 1670. The van der Waals surface area contributed by atoms with E-state index in [2.05, 4.69) is 11.9 Å². The summed E-state index contributed by atoms with van der Waals surface area (Å²) in [4.78, 5) is 27.5. The lowest BCUT2D eigenvalue weighted by Crippen LogP contribution is -2.51. The van der Waals surface area contributed by atoms with E-state index in [1.165, 1.54) is 10.8 Å². The number of aryl methyl sites for hydroxylation is 1. The maximum Gasteiger partial charge on any atom is 0.330 e. The fourth-order valence-corrected chi connectivity index (χ4v) is 6.87. The molecule has 2 bridgehead atoms. The summed E-state index contributed by atoms with van der Waals surface area (Å²) in [5, 5.41) is 11.9. The molecule has 0 spiro atoms. The Morgan fingerprint density at radius 1 is 0.932 bits per heavy atom. The Balaban J connectivity index is 1.47. The van der Waals surface area contributed by atoms with Gasteiger partial charge in [-0.3, -0.25) is 14.3 Å². The molecule has 230 valence electrons. The number of aromatic amines is 1. The minimum atomic E-state index is -1.10. The average molecular weight is 599 g/mol. The summed E-state index contributed by atoms with van der Waals surface area (Å²) in [7, 11) is 3.26. The van der Waals surface area contributed by atoms with Gasteiger partial charge in [0.05, 0.1) is 26.9 Å². The molecule has 0 radical (unpaired) electrons. The zero-order valence-electron chi connectivity index (χ0n) is 25.4. The highest BCUT2D eigenvalue weighted by Crippen LogP contribution is 2.54. The number of ether oxygens (including phenoxy) is 4. The van der Waals surface area contributed by atoms with Crippen LogP contribution in [0.4, 0.5) is 0 Å². The van der Waals surface area contributed by atoms with E-state index in [1.807, 2.05) is 78.9 Å². The predicted molar refractivity (Wildman–Crippen MR) is 165 cm³/mol.